The molecule has 3 heterocycles. The van der Waals surface area contributed by atoms with Gasteiger partial charge in [0, 0.05) is 28.2 Å². The fourth-order valence-electron chi connectivity index (χ4n) is 3.62. The quantitative estimate of drug-likeness (QED) is 0.497. The third kappa shape index (κ3) is 4.33. The molecule has 0 radical (unpaired) electrons. The Morgan fingerprint density at radius 3 is 2.66 bits per heavy atom. The molecule has 32 heavy (non-hydrogen) atoms. The topological polar surface area (TPSA) is 66.5 Å². The number of benzene rings is 1. The molecule has 0 saturated carbocycles. The monoisotopic (exact) mass is 466 g/mol. The lowest BCUT2D eigenvalue weighted by Gasteiger charge is -2.27. The van der Waals surface area contributed by atoms with Crippen molar-refractivity contribution in [3.8, 4) is 5.75 Å². The number of hydrogen-bond acceptors (Lipinski definition) is 5. The molecule has 2 N–H and O–H groups in total. The fraction of sp³-hybridized carbons (Fsp3) is 0.292. The van der Waals surface area contributed by atoms with Crippen molar-refractivity contribution in [1.82, 2.24) is 10.3 Å². The van der Waals surface area contributed by atoms with E-state index in [1.807, 2.05) is 63.2 Å². The van der Waals surface area contributed by atoms with E-state index < -0.39 is 5.41 Å². The minimum absolute atomic E-state index is 0.0582. The van der Waals surface area contributed by atoms with Gasteiger partial charge in [-0.2, -0.15) is 0 Å². The lowest BCUT2D eigenvalue weighted by Crippen LogP contribution is -2.29. The number of rotatable bonds is 5. The van der Waals surface area contributed by atoms with Crippen LogP contribution in [0.4, 0.5) is 11.4 Å². The van der Waals surface area contributed by atoms with Gasteiger partial charge in [-0.3, -0.25) is 9.78 Å². The highest BCUT2D eigenvalue weighted by Gasteiger charge is 2.41. The van der Waals surface area contributed by atoms with Crippen molar-refractivity contribution in [2.24, 2.45) is 5.41 Å². The van der Waals surface area contributed by atoms with Crippen LogP contribution in [-0.4, -0.2) is 23.1 Å². The van der Waals surface area contributed by atoms with Crippen molar-refractivity contribution in [1.29, 1.82) is 0 Å². The second-order valence-corrected chi connectivity index (χ2v) is 9.97. The summed E-state index contributed by atoms with van der Waals surface area (Å²) in [6, 6.07) is 15.6. The second kappa shape index (κ2) is 8.88. The Hall–Kier alpha value is -2.97. The van der Waals surface area contributed by atoms with Crippen molar-refractivity contribution in [3.63, 3.8) is 0 Å². The molecule has 0 spiro atoms. The van der Waals surface area contributed by atoms with Crippen LogP contribution in [0.15, 0.2) is 60.1 Å². The van der Waals surface area contributed by atoms with Crippen LogP contribution >= 0.6 is 23.6 Å². The van der Waals surface area contributed by atoms with E-state index in [1.165, 1.54) is 4.88 Å². The molecule has 1 aromatic carbocycles. The maximum absolute atomic E-state index is 12.5. The Bertz CT molecular complexity index is 1110. The van der Waals surface area contributed by atoms with Gasteiger partial charge in [-0.05, 0) is 47.9 Å². The predicted molar refractivity (Wildman–Crippen MR) is 133 cm³/mol. The molecular weight excluding hydrogens is 440 g/mol. The van der Waals surface area contributed by atoms with E-state index in [-0.39, 0.29) is 18.0 Å². The molecule has 0 bridgehead atoms. The van der Waals surface area contributed by atoms with E-state index >= 15 is 0 Å². The standard InChI is InChI=1S/C24H26N4O2S2/c1-24(2,3)22(29)26-16-11-10-15(14-18(16)30-4)28-21(19-9-7-13-32-19)20(27-23(28)31)17-8-5-6-12-25-17/h5-14,20-21H,1-4H3,(H,26,29)(H,27,31)/t20-,21-/m1/s1. The van der Waals surface area contributed by atoms with E-state index in [1.54, 1.807) is 24.6 Å². The average molecular weight is 467 g/mol. The molecule has 1 amide bonds. The van der Waals surface area contributed by atoms with Gasteiger partial charge in [0.25, 0.3) is 0 Å². The van der Waals surface area contributed by atoms with Crippen LogP contribution in [-0.2, 0) is 4.79 Å². The molecule has 6 nitrogen and oxygen atoms in total. The van der Waals surface area contributed by atoms with Gasteiger partial charge in [-0.1, -0.05) is 32.9 Å². The highest BCUT2D eigenvalue weighted by atomic mass is 32.1. The maximum atomic E-state index is 12.5. The van der Waals surface area contributed by atoms with Gasteiger partial charge in [-0.25, -0.2) is 0 Å². The molecule has 2 atom stereocenters. The number of thiophene rings is 1. The van der Waals surface area contributed by atoms with Gasteiger partial charge in [0.1, 0.15) is 5.75 Å². The first-order valence-corrected chi connectivity index (χ1v) is 11.6. The fourth-order valence-corrected chi connectivity index (χ4v) is 4.82. The Balaban J connectivity index is 1.72. The molecule has 8 heteroatoms. The number of hydrogen-bond donors (Lipinski definition) is 2. The molecule has 0 aliphatic carbocycles. The Kier molecular flexibility index (Phi) is 6.17. The number of nitrogens with zero attached hydrogens (tertiary/aromatic N) is 2. The summed E-state index contributed by atoms with van der Waals surface area (Å²) in [5, 5.41) is 9.10. The predicted octanol–water partition coefficient (Wildman–Crippen LogP) is 5.31. The molecule has 1 aliphatic rings. The van der Waals surface area contributed by atoms with Gasteiger partial charge in [0.2, 0.25) is 5.91 Å². The van der Waals surface area contributed by atoms with Crippen molar-refractivity contribution >= 4 is 45.9 Å². The number of methoxy groups -OCH3 is 1. The van der Waals surface area contributed by atoms with Crippen LogP contribution in [0.3, 0.4) is 0 Å². The number of aromatic nitrogens is 1. The number of amides is 1. The molecule has 1 fully saturated rings. The van der Waals surface area contributed by atoms with Crippen LogP contribution in [0.25, 0.3) is 0 Å². The molecule has 4 rings (SSSR count). The number of anilines is 2. The summed E-state index contributed by atoms with van der Waals surface area (Å²) in [5.74, 6) is 0.503. The maximum Gasteiger partial charge on any atom is 0.229 e. The van der Waals surface area contributed by atoms with Crippen molar-refractivity contribution in [3.05, 3.63) is 70.7 Å². The minimum atomic E-state index is -0.510. The molecule has 2 aromatic heterocycles. The molecular formula is C24H26N4O2S2. The number of thiocarbonyl (C=S) groups is 1. The molecule has 1 saturated heterocycles. The zero-order valence-electron chi connectivity index (χ0n) is 18.5. The average Bonchev–Trinajstić information content (AvgIpc) is 3.41. The summed E-state index contributed by atoms with van der Waals surface area (Å²) >= 11 is 7.45. The van der Waals surface area contributed by atoms with E-state index in [4.69, 9.17) is 17.0 Å². The number of nitrogens with one attached hydrogen (secondary N) is 2. The Labute approximate surface area is 197 Å². The summed E-state index contributed by atoms with van der Waals surface area (Å²) in [6.07, 6.45) is 1.80. The van der Waals surface area contributed by atoms with Gasteiger partial charge < -0.3 is 20.3 Å². The van der Waals surface area contributed by atoms with Crippen LogP contribution < -0.4 is 20.3 Å². The lowest BCUT2D eigenvalue weighted by atomic mass is 9.95. The first-order chi connectivity index (χ1) is 15.3. The largest absolute Gasteiger partial charge is 0.494 e. The lowest BCUT2D eigenvalue weighted by molar-refractivity contribution is -0.123. The SMILES string of the molecule is COc1cc(N2C(=S)N[C@H](c3ccccn3)[C@H]2c2cccs2)ccc1NC(=O)C(C)(C)C. The van der Waals surface area contributed by atoms with Gasteiger partial charge in [0.15, 0.2) is 5.11 Å². The van der Waals surface area contributed by atoms with E-state index in [0.29, 0.717) is 16.5 Å². The van der Waals surface area contributed by atoms with E-state index in [2.05, 4.69) is 32.0 Å². The molecule has 0 unspecified atom stereocenters. The molecule has 166 valence electrons. The normalized spacial score (nSPS) is 18.4. The highest BCUT2D eigenvalue weighted by Crippen LogP contribution is 2.44. The summed E-state index contributed by atoms with van der Waals surface area (Å²) in [7, 11) is 1.60. The Morgan fingerprint density at radius 2 is 2.03 bits per heavy atom. The van der Waals surface area contributed by atoms with Crippen LogP contribution in [0.1, 0.15) is 43.4 Å². The number of ether oxygens (including phenoxy) is 1. The third-order valence-corrected chi connectivity index (χ3v) is 6.58. The number of carbonyl (C=O) groups is 1. The summed E-state index contributed by atoms with van der Waals surface area (Å²) in [4.78, 5) is 20.3. The number of pyridine rings is 1. The van der Waals surface area contributed by atoms with Gasteiger partial charge in [-0.15, -0.1) is 11.3 Å². The van der Waals surface area contributed by atoms with Crippen molar-refractivity contribution in [2.45, 2.75) is 32.9 Å². The first kappa shape index (κ1) is 22.2. The third-order valence-electron chi connectivity index (χ3n) is 5.33. The van der Waals surface area contributed by atoms with E-state index in [0.717, 1.165) is 11.4 Å². The van der Waals surface area contributed by atoms with Crippen molar-refractivity contribution in [2.75, 3.05) is 17.3 Å². The highest BCUT2D eigenvalue weighted by molar-refractivity contribution is 7.80. The molecule has 3 aromatic rings. The summed E-state index contributed by atoms with van der Waals surface area (Å²) in [5.41, 5.74) is 1.93. The zero-order valence-corrected chi connectivity index (χ0v) is 20.1. The van der Waals surface area contributed by atoms with Gasteiger partial charge in [0.05, 0.1) is 30.6 Å². The summed E-state index contributed by atoms with van der Waals surface area (Å²) < 4.78 is 5.62. The first-order valence-electron chi connectivity index (χ1n) is 10.3. The van der Waals surface area contributed by atoms with Crippen LogP contribution in [0.2, 0.25) is 0 Å². The minimum Gasteiger partial charge on any atom is -0.494 e. The Morgan fingerprint density at radius 1 is 1.22 bits per heavy atom. The number of carbonyl (C=O) groups excluding carboxylic acids is 1. The second-order valence-electron chi connectivity index (χ2n) is 8.60. The summed E-state index contributed by atoms with van der Waals surface area (Å²) in [6.45, 7) is 5.63. The molecule has 1 aliphatic heterocycles. The zero-order chi connectivity index (χ0) is 22.9. The van der Waals surface area contributed by atoms with Crippen LogP contribution in [0.5, 0.6) is 5.75 Å². The van der Waals surface area contributed by atoms with Crippen LogP contribution in [0, 0.1) is 5.41 Å². The van der Waals surface area contributed by atoms with E-state index in [9.17, 15) is 4.79 Å². The van der Waals surface area contributed by atoms with Crippen molar-refractivity contribution < 1.29 is 9.53 Å². The van der Waals surface area contributed by atoms with Gasteiger partial charge >= 0.3 is 0 Å². The smallest absolute Gasteiger partial charge is 0.229 e.